The quantitative estimate of drug-likeness (QED) is 0.176. The summed E-state index contributed by atoms with van der Waals surface area (Å²) in [6.07, 6.45) is 0. The van der Waals surface area contributed by atoms with Crippen molar-refractivity contribution in [3.8, 4) is 73.0 Å². The monoisotopic (exact) mass is 737 g/mol. The van der Waals surface area contributed by atoms with E-state index < -0.39 is 5.41 Å². The summed E-state index contributed by atoms with van der Waals surface area (Å²) in [7, 11) is 0. The normalized spacial score (nSPS) is 14.6. The molecule has 1 spiro atoms. The van der Waals surface area contributed by atoms with Crippen LogP contribution in [0.15, 0.2) is 212 Å². The van der Waals surface area contributed by atoms with Crippen molar-refractivity contribution in [1.29, 1.82) is 0 Å². The molecular formula is C55H35N3. The van der Waals surface area contributed by atoms with E-state index in [2.05, 4.69) is 217 Å². The SMILES string of the molecule is c1ccc(-c2ccc(-c3cc(-c4ccccc4)cc(-c4ccc5c(c4)C4(c6ccccc6-5)c5ccccc5-n5c(-c6ccccc6)nc6cccc4c65)n3)cc2)cc1. The Morgan fingerprint density at radius 3 is 1.60 bits per heavy atom. The number of rotatable bonds is 5. The van der Waals surface area contributed by atoms with E-state index in [0.717, 1.165) is 61.8 Å². The van der Waals surface area contributed by atoms with E-state index in [-0.39, 0.29) is 0 Å². The van der Waals surface area contributed by atoms with E-state index in [9.17, 15) is 0 Å². The second-order valence-electron chi connectivity index (χ2n) is 15.3. The molecule has 2 aromatic heterocycles. The first kappa shape index (κ1) is 32.6. The summed E-state index contributed by atoms with van der Waals surface area (Å²) in [5.41, 5.74) is 20.1. The van der Waals surface area contributed by atoms with Crippen LogP contribution in [0.1, 0.15) is 22.3 Å². The first-order valence-corrected chi connectivity index (χ1v) is 19.9. The number of aromatic nitrogens is 3. The lowest BCUT2D eigenvalue weighted by molar-refractivity contribution is 0.746. The third kappa shape index (κ3) is 4.74. The number of hydrogen-bond acceptors (Lipinski definition) is 2. The molecule has 0 saturated carbocycles. The molecule has 2 aliphatic rings. The Morgan fingerprint density at radius 2 is 0.862 bits per heavy atom. The lowest BCUT2D eigenvalue weighted by Gasteiger charge is -2.39. The van der Waals surface area contributed by atoms with E-state index >= 15 is 0 Å². The highest BCUT2D eigenvalue weighted by Gasteiger charge is 2.51. The van der Waals surface area contributed by atoms with Gasteiger partial charge in [0.2, 0.25) is 0 Å². The largest absolute Gasteiger partial charge is 0.292 e. The summed E-state index contributed by atoms with van der Waals surface area (Å²) in [5.74, 6) is 0.955. The third-order valence-electron chi connectivity index (χ3n) is 12.2. The van der Waals surface area contributed by atoms with Crippen molar-refractivity contribution in [2.75, 3.05) is 0 Å². The highest BCUT2D eigenvalue weighted by Crippen LogP contribution is 2.61. The maximum absolute atomic E-state index is 5.45. The average Bonchev–Trinajstić information content (AvgIpc) is 3.84. The molecule has 270 valence electrons. The average molecular weight is 738 g/mol. The van der Waals surface area contributed by atoms with Gasteiger partial charge in [-0.3, -0.25) is 4.57 Å². The molecule has 0 radical (unpaired) electrons. The minimum absolute atomic E-state index is 0.574. The Balaban J connectivity index is 1.10. The van der Waals surface area contributed by atoms with Gasteiger partial charge in [0.25, 0.3) is 0 Å². The van der Waals surface area contributed by atoms with E-state index in [1.165, 1.54) is 44.5 Å². The van der Waals surface area contributed by atoms with Crippen LogP contribution < -0.4 is 0 Å². The molecule has 1 unspecified atom stereocenters. The molecule has 8 aromatic carbocycles. The van der Waals surface area contributed by atoms with Gasteiger partial charge in [-0.2, -0.15) is 0 Å². The molecule has 1 aliphatic carbocycles. The highest BCUT2D eigenvalue weighted by atomic mass is 15.1. The summed E-state index contributed by atoms with van der Waals surface area (Å²) in [4.78, 5) is 10.8. The lowest BCUT2D eigenvalue weighted by atomic mass is 9.65. The highest BCUT2D eigenvalue weighted by molar-refractivity contribution is 5.98. The van der Waals surface area contributed by atoms with E-state index in [4.69, 9.17) is 9.97 Å². The fourth-order valence-corrected chi connectivity index (χ4v) is 9.68. The first-order chi connectivity index (χ1) is 28.8. The molecule has 1 atom stereocenters. The van der Waals surface area contributed by atoms with E-state index in [1.54, 1.807) is 0 Å². The molecule has 0 N–H and O–H groups in total. The molecule has 0 amide bonds. The Kier molecular flexibility index (Phi) is 7.14. The van der Waals surface area contributed by atoms with Gasteiger partial charge in [0.1, 0.15) is 5.82 Å². The number of fused-ring (bicyclic) bond motifs is 9. The topological polar surface area (TPSA) is 30.7 Å². The molecule has 3 nitrogen and oxygen atoms in total. The van der Waals surface area contributed by atoms with Gasteiger partial charge in [-0.15, -0.1) is 0 Å². The smallest absolute Gasteiger partial charge is 0.145 e. The van der Waals surface area contributed by atoms with Crippen molar-refractivity contribution in [2.45, 2.75) is 5.41 Å². The molecule has 10 aromatic rings. The minimum Gasteiger partial charge on any atom is -0.292 e. The van der Waals surface area contributed by atoms with Gasteiger partial charge < -0.3 is 0 Å². The molecule has 12 rings (SSSR count). The number of imidazole rings is 1. The number of nitrogens with zero attached hydrogens (tertiary/aromatic N) is 3. The molecule has 1 aliphatic heterocycles. The standard InChI is InChI=1S/C55H35N3/c1-4-15-36(16-5-1)38-27-29-39(30-28-38)50-34-42(37-17-6-2-7-18-37)35-51(56-50)41-31-32-44-43-21-10-11-22-45(43)55(48(44)33-41)46-23-12-13-26-52(46)58-53-47(55)24-14-25-49(53)57-54(58)40-19-8-3-9-20-40/h1-35H. The predicted molar refractivity (Wildman–Crippen MR) is 237 cm³/mol. The Bertz CT molecular complexity index is 3200. The lowest BCUT2D eigenvalue weighted by Crippen LogP contribution is -2.33. The van der Waals surface area contributed by atoms with Crippen LogP contribution >= 0.6 is 0 Å². The van der Waals surface area contributed by atoms with Crippen LogP contribution in [0.4, 0.5) is 0 Å². The maximum Gasteiger partial charge on any atom is 0.145 e. The molecule has 0 saturated heterocycles. The molecular weight excluding hydrogens is 703 g/mol. The molecule has 58 heavy (non-hydrogen) atoms. The third-order valence-corrected chi connectivity index (χ3v) is 12.2. The predicted octanol–water partition coefficient (Wildman–Crippen LogP) is 13.4. The van der Waals surface area contributed by atoms with Crippen LogP contribution in [0.25, 0.3) is 84.0 Å². The second kappa shape index (κ2) is 12.7. The summed E-state index contributed by atoms with van der Waals surface area (Å²) in [6.45, 7) is 0. The van der Waals surface area contributed by atoms with Crippen molar-refractivity contribution in [1.82, 2.24) is 14.5 Å². The van der Waals surface area contributed by atoms with Crippen molar-refractivity contribution >= 4 is 11.0 Å². The fraction of sp³-hybridized carbons (Fsp3) is 0.0182. The molecule has 3 heteroatoms. The number of para-hydroxylation sites is 2. The summed E-state index contributed by atoms with van der Waals surface area (Å²) in [5, 5.41) is 0. The van der Waals surface area contributed by atoms with Crippen molar-refractivity contribution in [3.05, 3.63) is 235 Å². The van der Waals surface area contributed by atoms with Gasteiger partial charge in [0, 0.05) is 16.7 Å². The van der Waals surface area contributed by atoms with E-state index in [0.29, 0.717) is 0 Å². The van der Waals surface area contributed by atoms with Crippen molar-refractivity contribution < 1.29 is 0 Å². The van der Waals surface area contributed by atoms with Crippen LogP contribution in [0.2, 0.25) is 0 Å². The summed E-state index contributed by atoms with van der Waals surface area (Å²) < 4.78 is 2.39. The van der Waals surface area contributed by atoms with Crippen LogP contribution in [-0.2, 0) is 5.41 Å². The molecule has 0 bridgehead atoms. The summed E-state index contributed by atoms with van der Waals surface area (Å²) >= 11 is 0. The molecule has 0 fully saturated rings. The van der Waals surface area contributed by atoms with Gasteiger partial charge in [0.05, 0.1) is 33.5 Å². The first-order valence-electron chi connectivity index (χ1n) is 19.9. The van der Waals surface area contributed by atoms with Crippen molar-refractivity contribution in [2.24, 2.45) is 0 Å². The van der Waals surface area contributed by atoms with Crippen LogP contribution in [-0.4, -0.2) is 14.5 Å². The van der Waals surface area contributed by atoms with Crippen LogP contribution in [0, 0.1) is 0 Å². The number of hydrogen-bond donors (Lipinski definition) is 0. The zero-order chi connectivity index (χ0) is 38.2. The van der Waals surface area contributed by atoms with Crippen molar-refractivity contribution in [3.63, 3.8) is 0 Å². The summed E-state index contributed by atoms with van der Waals surface area (Å²) in [6, 6.07) is 76.7. The van der Waals surface area contributed by atoms with Gasteiger partial charge in [-0.05, 0) is 86.0 Å². The van der Waals surface area contributed by atoms with Gasteiger partial charge in [0.15, 0.2) is 0 Å². The van der Waals surface area contributed by atoms with Gasteiger partial charge in [-0.25, -0.2) is 9.97 Å². The molecule has 3 heterocycles. The zero-order valence-corrected chi connectivity index (χ0v) is 31.5. The second-order valence-corrected chi connectivity index (χ2v) is 15.3. The van der Waals surface area contributed by atoms with Crippen LogP contribution in [0.5, 0.6) is 0 Å². The minimum atomic E-state index is -0.574. The number of pyridine rings is 1. The number of benzene rings is 8. The maximum atomic E-state index is 5.45. The van der Waals surface area contributed by atoms with Gasteiger partial charge in [-0.1, -0.05) is 182 Å². The Labute approximate surface area is 337 Å². The van der Waals surface area contributed by atoms with Crippen LogP contribution in [0.3, 0.4) is 0 Å². The zero-order valence-electron chi connectivity index (χ0n) is 31.5. The van der Waals surface area contributed by atoms with E-state index in [1.807, 2.05) is 0 Å². The fourth-order valence-electron chi connectivity index (χ4n) is 9.68. The Morgan fingerprint density at radius 1 is 0.328 bits per heavy atom. The van der Waals surface area contributed by atoms with Gasteiger partial charge >= 0.3 is 0 Å². The Hall–Kier alpha value is -7.62.